The van der Waals surface area contributed by atoms with E-state index in [9.17, 15) is 8.42 Å². The van der Waals surface area contributed by atoms with Crippen molar-refractivity contribution in [3.8, 4) is 5.75 Å². The maximum atomic E-state index is 13.1. The lowest BCUT2D eigenvalue weighted by Gasteiger charge is -2.17. The van der Waals surface area contributed by atoms with Crippen LogP contribution in [0.25, 0.3) is 10.2 Å². The molecule has 4 N–H and O–H groups in total. The van der Waals surface area contributed by atoms with Gasteiger partial charge in [0, 0.05) is 5.56 Å². The average Bonchev–Trinajstić information content (AvgIpc) is 3.27. The highest BCUT2D eigenvalue weighted by molar-refractivity contribution is 7.89. The summed E-state index contributed by atoms with van der Waals surface area (Å²) in [5.74, 6) is 0.752. The van der Waals surface area contributed by atoms with Crippen LogP contribution >= 0.6 is 11.3 Å². The molecule has 0 aliphatic carbocycles. The van der Waals surface area contributed by atoms with Crippen molar-refractivity contribution in [2.75, 3.05) is 7.11 Å². The standard InChI is InChI=1S/C25H26N4O3S2/c1-32-18-14-15-21-23(16-18)33-25(28-21)22(29-34(30,31)19-10-3-2-4-11-19)13-7-9-17-8-5-6-12-20(17)24(26)27/h2-6,8,10-12,14-16,22,29H,7,9,13H2,1H3,(H3,26,27). The topological polar surface area (TPSA) is 118 Å². The Labute approximate surface area is 203 Å². The number of aromatic nitrogens is 1. The molecule has 176 valence electrons. The van der Waals surface area contributed by atoms with E-state index in [-0.39, 0.29) is 10.7 Å². The summed E-state index contributed by atoms with van der Waals surface area (Å²) < 4.78 is 35.3. The van der Waals surface area contributed by atoms with Gasteiger partial charge in [-0.15, -0.1) is 11.3 Å². The van der Waals surface area contributed by atoms with Crippen LogP contribution in [0.3, 0.4) is 0 Å². The summed E-state index contributed by atoms with van der Waals surface area (Å²) in [6.07, 6.45) is 1.89. The second-order valence-electron chi connectivity index (χ2n) is 7.84. The Morgan fingerprint density at radius 1 is 1.12 bits per heavy atom. The van der Waals surface area contributed by atoms with Crippen LogP contribution in [0, 0.1) is 5.41 Å². The molecule has 3 aromatic carbocycles. The first-order valence-electron chi connectivity index (χ1n) is 10.8. The zero-order valence-electron chi connectivity index (χ0n) is 18.7. The molecular weight excluding hydrogens is 468 g/mol. The zero-order chi connectivity index (χ0) is 24.1. The molecule has 34 heavy (non-hydrogen) atoms. The van der Waals surface area contributed by atoms with Gasteiger partial charge in [0.25, 0.3) is 0 Å². The lowest BCUT2D eigenvalue weighted by molar-refractivity contribution is 0.415. The number of hydrogen-bond acceptors (Lipinski definition) is 6. The first kappa shape index (κ1) is 23.9. The summed E-state index contributed by atoms with van der Waals surface area (Å²) in [5, 5.41) is 8.50. The van der Waals surface area contributed by atoms with Gasteiger partial charge in [-0.05, 0) is 55.2 Å². The van der Waals surface area contributed by atoms with E-state index >= 15 is 0 Å². The van der Waals surface area contributed by atoms with Gasteiger partial charge in [0.15, 0.2) is 0 Å². The van der Waals surface area contributed by atoms with Crippen molar-refractivity contribution in [2.45, 2.75) is 30.2 Å². The molecule has 1 unspecified atom stereocenters. The summed E-state index contributed by atoms with van der Waals surface area (Å²) in [5.41, 5.74) is 8.19. The molecule has 1 atom stereocenters. The molecule has 9 heteroatoms. The molecule has 0 saturated carbocycles. The zero-order valence-corrected chi connectivity index (χ0v) is 20.3. The molecule has 4 rings (SSSR count). The molecule has 0 fully saturated rings. The van der Waals surface area contributed by atoms with Crippen molar-refractivity contribution in [3.63, 3.8) is 0 Å². The minimum absolute atomic E-state index is 0.0250. The number of nitrogen functional groups attached to an aromatic ring is 1. The van der Waals surface area contributed by atoms with Crippen LogP contribution in [-0.4, -0.2) is 26.3 Å². The van der Waals surface area contributed by atoms with E-state index in [0.29, 0.717) is 29.8 Å². The lowest BCUT2D eigenvalue weighted by Crippen LogP contribution is -2.28. The van der Waals surface area contributed by atoms with Crippen molar-refractivity contribution in [1.82, 2.24) is 9.71 Å². The van der Waals surface area contributed by atoms with E-state index in [1.165, 1.54) is 11.3 Å². The highest BCUT2D eigenvalue weighted by Crippen LogP contribution is 2.32. The molecule has 0 amide bonds. The fourth-order valence-corrected chi connectivity index (χ4v) is 6.20. The van der Waals surface area contributed by atoms with Gasteiger partial charge in [0.2, 0.25) is 10.0 Å². The summed E-state index contributed by atoms with van der Waals surface area (Å²) in [7, 11) is -2.13. The number of thiazole rings is 1. The van der Waals surface area contributed by atoms with E-state index in [4.69, 9.17) is 20.9 Å². The van der Waals surface area contributed by atoms with Gasteiger partial charge in [-0.1, -0.05) is 42.5 Å². The maximum absolute atomic E-state index is 13.1. The molecule has 0 bridgehead atoms. The minimum atomic E-state index is -3.74. The van der Waals surface area contributed by atoms with Gasteiger partial charge in [-0.2, -0.15) is 0 Å². The predicted molar refractivity (Wildman–Crippen MR) is 136 cm³/mol. The molecular formula is C25H26N4O3S2. The largest absolute Gasteiger partial charge is 0.497 e. The fraction of sp³-hybridized carbons (Fsp3) is 0.200. The van der Waals surface area contributed by atoms with Crippen LogP contribution in [0.2, 0.25) is 0 Å². The molecule has 1 heterocycles. The monoisotopic (exact) mass is 494 g/mol. The number of methoxy groups -OCH3 is 1. The van der Waals surface area contributed by atoms with E-state index in [1.54, 1.807) is 37.4 Å². The number of aryl methyl sites for hydroxylation is 1. The van der Waals surface area contributed by atoms with Crippen molar-refractivity contribution in [3.05, 3.63) is 88.9 Å². The number of nitrogens with two attached hydrogens (primary N) is 1. The maximum Gasteiger partial charge on any atom is 0.241 e. The molecule has 0 radical (unpaired) electrons. The third-order valence-electron chi connectivity index (χ3n) is 5.51. The van der Waals surface area contributed by atoms with Crippen LogP contribution in [0.1, 0.15) is 35.0 Å². The lowest BCUT2D eigenvalue weighted by atomic mass is 10.00. The van der Waals surface area contributed by atoms with Gasteiger partial charge in [0.1, 0.15) is 16.6 Å². The van der Waals surface area contributed by atoms with Crippen molar-refractivity contribution >= 4 is 37.4 Å². The highest BCUT2D eigenvalue weighted by atomic mass is 32.2. The third kappa shape index (κ3) is 5.44. The number of rotatable bonds is 10. The molecule has 1 aromatic heterocycles. The summed E-state index contributed by atoms with van der Waals surface area (Å²) in [6, 6.07) is 21.0. The predicted octanol–water partition coefficient (Wildman–Crippen LogP) is 4.63. The van der Waals surface area contributed by atoms with E-state index in [0.717, 1.165) is 21.5 Å². The number of sulfonamides is 1. The van der Waals surface area contributed by atoms with Gasteiger partial charge in [-0.25, -0.2) is 18.1 Å². The third-order valence-corrected chi connectivity index (χ3v) is 8.13. The SMILES string of the molecule is COc1ccc2nc(C(CCCc3ccccc3C(=N)N)NS(=O)(=O)c3ccccc3)sc2c1. The second kappa shape index (κ2) is 10.3. The number of amidine groups is 1. The van der Waals surface area contributed by atoms with E-state index < -0.39 is 16.1 Å². The summed E-state index contributed by atoms with van der Waals surface area (Å²) in [6.45, 7) is 0. The molecule has 0 aliphatic heterocycles. The Kier molecular flexibility index (Phi) is 7.26. The molecule has 7 nitrogen and oxygen atoms in total. The number of nitrogens with zero attached hydrogens (tertiary/aromatic N) is 1. The number of fused-ring (bicyclic) bond motifs is 1. The van der Waals surface area contributed by atoms with Gasteiger partial charge in [0.05, 0.1) is 28.3 Å². The van der Waals surface area contributed by atoms with Crippen LogP contribution in [-0.2, 0) is 16.4 Å². The Balaban J connectivity index is 1.61. The van der Waals surface area contributed by atoms with Crippen LogP contribution in [0.15, 0.2) is 77.7 Å². The Morgan fingerprint density at radius 3 is 2.59 bits per heavy atom. The Bertz CT molecular complexity index is 1400. The van der Waals surface area contributed by atoms with Crippen molar-refractivity contribution in [2.24, 2.45) is 5.73 Å². The summed E-state index contributed by atoms with van der Waals surface area (Å²) in [4.78, 5) is 4.93. The van der Waals surface area contributed by atoms with Crippen LogP contribution in [0.5, 0.6) is 5.75 Å². The minimum Gasteiger partial charge on any atom is -0.497 e. The normalized spacial score (nSPS) is 12.5. The number of nitrogens with one attached hydrogen (secondary N) is 2. The quantitative estimate of drug-likeness (QED) is 0.219. The van der Waals surface area contributed by atoms with Crippen molar-refractivity contribution < 1.29 is 13.2 Å². The van der Waals surface area contributed by atoms with Crippen LogP contribution < -0.4 is 15.2 Å². The van der Waals surface area contributed by atoms with Gasteiger partial charge >= 0.3 is 0 Å². The fourth-order valence-electron chi connectivity index (χ4n) is 3.78. The first-order valence-corrected chi connectivity index (χ1v) is 13.1. The molecule has 0 saturated heterocycles. The van der Waals surface area contributed by atoms with E-state index in [2.05, 4.69) is 4.72 Å². The van der Waals surface area contributed by atoms with Crippen molar-refractivity contribution in [1.29, 1.82) is 5.41 Å². The number of benzene rings is 3. The molecule has 0 spiro atoms. The number of ether oxygens (including phenoxy) is 1. The Hall–Kier alpha value is -3.27. The number of hydrogen-bond donors (Lipinski definition) is 3. The highest BCUT2D eigenvalue weighted by Gasteiger charge is 2.24. The smallest absolute Gasteiger partial charge is 0.241 e. The molecule has 4 aromatic rings. The average molecular weight is 495 g/mol. The van der Waals surface area contributed by atoms with Gasteiger partial charge in [-0.3, -0.25) is 5.41 Å². The summed E-state index contributed by atoms with van der Waals surface area (Å²) >= 11 is 1.45. The van der Waals surface area contributed by atoms with Crippen LogP contribution in [0.4, 0.5) is 0 Å². The van der Waals surface area contributed by atoms with E-state index in [1.807, 2.05) is 42.5 Å². The second-order valence-corrected chi connectivity index (χ2v) is 10.6. The molecule has 0 aliphatic rings. The first-order chi connectivity index (χ1) is 16.4. The van der Waals surface area contributed by atoms with Gasteiger partial charge < -0.3 is 10.5 Å². The Morgan fingerprint density at radius 2 is 1.85 bits per heavy atom.